The molecule has 0 radical (unpaired) electrons. The number of fused-ring (bicyclic) bond motifs is 1. The van der Waals surface area contributed by atoms with Crippen LogP contribution in [0.25, 0.3) is 10.9 Å². The highest BCUT2D eigenvalue weighted by Gasteiger charge is 2.35. The number of para-hydroxylation sites is 1. The Balaban J connectivity index is 1.51. The number of carbonyl (C=O) groups is 1. The summed E-state index contributed by atoms with van der Waals surface area (Å²) in [6.45, 7) is 2.41. The molecule has 0 unspecified atom stereocenters. The molecular weight excluding hydrogens is 340 g/mol. The summed E-state index contributed by atoms with van der Waals surface area (Å²) in [6.07, 6.45) is 3.50. The van der Waals surface area contributed by atoms with E-state index < -0.39 is 0 Å². The minimum Gasteiger partial charge on any atom is -0.351 e. The highest BCUT2D eigenvalue weighted by molar-refractivity contribution is 5.98. The minimum absolute atomic E-state index is 0.0371. The van der Waals surface area contributed by atoms with Crippen molar-refractivity contribution in [1.82, 2.24) is 25.2 Å². The molecule has 2 N–H and O–H groups in total. The van der Waals surface area contributed by atoms with Crippen LogP contribution in [0.2, 0.25) is 0 Å². The lowest BCUT2D eigenvalue weighted by molar-refractivity contribution is 0.0923. The van der Waals surface area contributed by atoms with Crippen molar-refractivity contribution in [3.8, 4) is 0 Å². The van der Waals surface area contributed by atoms with Crippen LogP contribution >= 0.6 is 0 Å². The average molecular weight is 364 g/mol. The summed E-state index contributed by atoms with van der Waals surface area (Å²) in [7, 11) is 4.11. The molecule has 7 heteroatoms. The van der Waals surface area contributed by atoms with Crippen molar-refractivity contribution in [2.24, 2.45) is 5.92 Å². The molecule has 1 aliphatic heterocycles. The van der Waals surface area contributed by atoms with Gasteiger partial charge in [0.05, 0.1) is 6.04 Å². The number of anilines is 1. The van der Waals surface area contributed by atoms with E-state index in [2.05, 4.69) is 44.2 Å². The van der Waals surface area contributed by atoms with Crippen LogP contribution in [-0.2, 0) is 0 Å². The van der Waals surface area contributed by atoms with Crippen molar-refractivity contribution in [2.75, 3.05) is 38.6 Å². The molecule has 27 heavy (non-hydrogen) atoms. The number of hydrogen-bond donors (Lipinski definition) is 2. The van der Waals surface area contributed by atoms with E-state index in [0.717, 1.165) is 24.0 Å². The van der Waals surface area contributed by atoms with Gasteiger partial charge in [-0.15, -0.1) is 0 Å². The monoisotopic (exact) mass is 364 g/mol. The predicted molar refractivity (Wildman–Crippen MR) is 106 cm³/mol. The second-order valence-corrected chi connectivity index (χ2v) is 7.33. The maximum Gasteiger partial charge on any atom is 0.268 e. The average Bonchev–Trinajstić information content (AvgIpc) is 3.26. The van der Waals surface area contributed by atoms with Gasteiger partial charge in [0.25, 0.3) is 5.91 Å². The first kappa shape index (κ1) is 17.5. The number of benzene rings is 1. The number of nitrogens with zero attached hydrogens (tertiary/aromatic N) is 4. The van der Waals surface area contributed by atoms with Gasteiger partial charge in [0.2, 0.25) is 5.95 Å². The van der Waals surface area contributed by atoms with Crippen LogP contribution in [0.15, 0.2) is 48.8 Å². The molecule has 0 saturated carbocycles. The summed E-state index contributed by atoms with van der Waals surface area (Å²) < 4.78 is 0. The zero-order valence-corrected chi connectivity index (χ0v) is 15.6. The van der Waals surface area contributed by atoms with Crippen molar-refractivity contribution < 1.29 is 4.79 Å². The van der Waals surface area contributed by atoms with Gasteiger partial charge < -0.3 is 20.1 Å². The van der Waals surface area contributed by atoms with Crippen molar-refractivity contribution >= 4 is 22.8 Å². The van der Waals surface area contributed by atoms with Crippen molar-refractivity contribution in [1.29, 1.82) is 0 Å². The Morgan fingerprint density at radius 1 is 1.22 bits per heavy atom. The molecule has 1 fully saturated rings. The topological polar surface area (TPSA) is 77.2 Å². The Hall–Kier alpha value is -2.93. The normalized spacial score (nSPS) is 19.7. The maximum absolute atomic E-state index is 12.8. The summed E-state index contributed by atoms with van der Waals surface area (Å²) in [5.74, 6) is 0.941. The van der Waals surface area contributed by atoms with E-state index in [1.807, 2.05) is 36.4 Å². The van der Waals surface area contributed by atoms with E-state index in [9.17, 15) is 4.79 Å². The summed E-state index contributed by atoms with van der Waals surface area (Å²) in [6, 6.07) is 11.7. The summed E-state index contributed by atoms with van der Waals surface area (Å²) in [4.78, 5) is 29.1. The fraction of sp³-hybridized carbons (Fsp3) is 0.350. The number of H-pyrrole nitrogens is 1. The molecule has 7 nitrogen and oxygen atoms in total. The molecular formula is C20H24N6O. The Morgan fingerprint density at radius 2 is 2.00 bits per heavy atom. The van der Waals surface area contributed by atoms with Gasteiger partial charge in [-0.1, -0.05) is 18.2 Å². The number of hydrogen-bond acceptors (Lipinski definition) is 5. The van der Waals surface area contributed by atoms with Gasteiger partial charge in [-0.25, -0.2) is 9.97 Å². The molecule has 2 atom stereocenters. The van der Waals surface area contributed by atoms with Crippen molar-refractivity contribution in [2.45, 2.75) is 6.04 Å². The largest absolute Gasteiger partial charge is 0.351 e. The molecule has 3 aromatic rings. The SMILES string of the molecule is CN(C)C[C@@H]1CN(c2ncccn2)C[C@H]1NC(=O)c1cc2ccccc2[nH]1. The van der Waals surface area contributed by atoms with Gasteiger partial charge >= 0.3 is 0 Å². The Bertz CT molecular complexity index is 889. The quantitative estimate of drug-likeness (QED) is 0.721. The fourth-order valence-corrected chi connectivity index (χ4v) is 3.75. The zero-order chi connectivity index (χ0) is 18.8. The Kier molecular flexibility index (Phi) is 4.77. The van der Waals surface area contributed by atoms with E-state index >= 15 is 0 Å². The molecule has 0 bridgehead atoms. The van der Waals surface area contributed by atoms with Crippen LogP contribution in [0.4, 0.5) is 5.95 Å². The molecule has 1 aromatic carbocycles. The Labute approximate surface area is 158 Å². The van der Waals surface area contributed by atoms with E-state index in [1.54, 1.807) is 12.4 Å². The first-order valence-electron chi connectivity index (χ1n) is 9.15. The molecule has 0 spiro atoms. The van der Waals surface area contributed by atoms with Crippen LogP contribution in [0.3, 0.4) is 0 Å². The number of rotatable bonds is 5. The van der Waals surface area contributed by atoms with Crippen LogP contribution in [0, 0.1) is 5.92 Å². The van der Waals surface area contributed by atoms with Gasteiger partial charge in [0.1, 0.15) is 5.69 Å². The van der Waals surface area contributed by atoms with E-state index in [0.29, 0.717) is 24.1 Å². The van der Waals surface area contributed by atoms with Gasteiger partial charge in [-0.2, -0.15) is 0 Å². The zero-order valence-electron chi connectivity index (χ0n) is 15.6. The van der Waals surface area contributed by atoms with Crippen LogP contribution < -0.4 is 10.2 Å². The number of carbonyl (C=O) groups excluding carboxylic acids is 1. The van der Waals surface area contributed by atoms with E-state index in [1.165, 1.54) is 0 Å². The second-order valence-electron chi connectivity index (χ2n) is 7.33. The molecule has 4 rings (SSSR count). The molecule has 1 aliphatic rings. The molecule has 1 saturated heterocycles. The standard InChI is InChI=1S/C20H24N6O/c1-25(2)11-15-12-26(20-21-8-5-9-22-20)13-18(15)24-19(27)17-10-14-6-3-4-7-16(14)23-17/h3-10,15,18,23H,11-13H2,1-2H3,(H,24,27)/t15-,18-/m1/s1. The number of aromatic nitrogens is 3. The van der Waals surface area contributed by atoms with E-state index in [-0.39, 0.29) is 11.9 Å². The Morgan fingerprint density at radius 3 is 2.74 bits per heavy atom. The molecule has 0 aliphatic carbocycles. The smallest absolute Gasteiger partial charge is 0.268 e. The van der Waals surface area contributed by atoms with Crippen molar-refractivity contribution in [3.63, 3.8) is 0 Å². The lowest BCUT2D eigenvalue weighted by Gasteiger charge is -2.22. The highest BCUT2D eigenvalue weighted by Crippen LogP contribution is 2.22. The summed E-state index contributed by atoms with van der Waals surface area (Å²) in [5, 5.41) is 4.26. The highest BCUT2D eigenvalue weighted by atomic mass is 16.2. The first-order chi connectivity index (χ1) is 13.1. The van der Waals surface area contributed by atoms with Crippen molar-refractivity contribution in [3.05, 3.63) is 54.5 Å². The summed E-state index contributed by atoms with van der Waals surface area (Å²) >= 11 is 0. The first-order valence-corrected chi connectivity index (χ1v) is 9.15. The second kappa shape index (κ2) is 7.36. The molecule has 2 aromatic heterocycles. The lowest BCUT2D eigenvalue weighted by atomic mass is 10.0. The van der Waals surface area contributed by atoms with E-state index in [4.69, 9.17) is 0 Å². The third-order valence-electron chi connectivity index (χ3n) is 4.97. The van der Waals surface area contributed by atoms with Crippen LogP contribution in [0.5, 0.6) is 0 Å². The van der Waals surface area contributed by atoms with Crippen LogP contribution in [-0.4, -0.2) is 65.5 Å². The number of aromatic amines is 1. The molecule has 3 heterocycles. The number of nitrogens with one attached hydrogen (secondary N) is 2. The molecule has 1 amide bonds. The van der Waals surface area contributed by atoms with Gasteiger partial charge in [-0.3, -0.25) is 4.79 Å². The lowest BCUT2D eigenvalue weighted by Crippen LogP contribution is -2.43. The van der Waals surface area contributed by atoms with Gasteiger partial charge in [0.15, 0.2) is 0 Å². The maximum atomic E-state index is 12.8. The van der Waals surface area contributed by atoms with Crippen LogP contribution in [0.1, 0.15) is 10.5 Å². The third kappa shape index (κ3) is 3.78. The number of amides is 1. The minimum atomic E-state index is -0.0733. The van der Waals surface area contributed by atoms with Gasteiger partial charge in [-0.05, 0) is 32.3 Å². The third-order valence-corrected chi connectivity index (χ3v) is 4.97. The predicted octanol–water partition coefficient (Wildman–Crippen LogP) is 1.75. The molecule has 140 valence electrons. The summed E-state index contributed by atoms with van der Waals surface area (Å²) in [5.41, 5.74) is 1.56. The fourth-order valence-electron chi connectivity index (χ4n) is 3.75. The van der Waals surface area contributed by atoms with Gasteiger partial charge in [0, 0.05) is 48.8 Å².